The van der Waals surface area contributed by atoms with E-state index in [-0.39, 0.29) is 31.7 Å². The lowest BCUT2D eigenvalue weighted by Gasteiger charge is -2.37. The normalized spacial score (nSPS) is 16.0. The average Bonchev–Trinajstić information content (AvgIpc) is 3.46. The van der Waals surface area contributed by atoms with Gasteiger partial charge in [-0.1, -0.05) is 0 Å². The Hall–Kier alpha value is -4.20. The molecular formula is C27H28F6N6O6S2. The van der Waals surface area contributed by atoms with Gasteiger partial charge in [-0.05, 0) is 57.7 Å². The van der Waals surface area contributed by atoms with Crippen molar-refractivity contribution in [1.82, 2.24) is 20.5 Å². The number of piperidine rings is 1. The Morgan fingerprint density at radius 2 is 1.81 bits per heavy atom. The molecule has 0 radical (unpaired) electrons. The van der Waals surface area contributed by atoms with Gasteiger partial charge in [0.15, 0.2) is 5.75 Å². The van der Waals surface area contributed by atoms with E-state index in [0.29, 0.717) is 23.1 Å². The van der Waals surface area contributed by atoms with E-state index in [0.717, 1.165) is 22.3 Å². The zero-order valence-corrected chi connectivity index (χ0v) is 26.5. The van der Waals surface area contributed by atoms with E-state index < -0.39 is 68.0 Å². The molecule has 20 heteroatoms. The highest BCUT2D eigenvalue weighted by Gasteiger charge is 2.50. The van der Waals surface area contributed by atoms with Crippen molar-refractivity contribution >= 4 is 44.8 Å². The van der Waals surface area contributed by atoms with Crippen LogP contribution in [0, 0.1) is 5.92 Å². The summed E-state index contributed by atoms with van der Waals surface area (Å²) in [5.41, 5.74) is -9.71. The number of nitrogens with zero attached hydrogens (tertiary/aromatic N) is 4. The van der Waals surface area contributed by atoms with Crippen LogP contribution in [0.25, 0.3) is 10.6 Å². The maximum atomic E-state index is 14.7. The van der Waals surface area contributed by atoms with Crippen molar-refractivity contribution in [1.29, 1.82) is 0 Å². The number of hydrogen-bond donors (Lipinski definition) is 2. The predicted molar refractivity (Wildman–Crippen MR) is 157 cm³/mol. The average molecular weight is 711 g/mol. The van der Waals surface area contributed by atoms with E-state index in [1.807, 2.05) is 0 Å². The number of carbonyl (C=O) groups is 2. The lowest BCUT2D eigenvalue weighted by Crippen LogP contribution is -2.43. The van der Waals surface area contributed by atoms with Crippen molar-refractivity contribution in [2.45, 2.75) is 50.9 Å². The van der Waals surface area contributed by atoms with Gasteiger partial charge in [0.1, 0.15) is 21.9 Å². The fraction of sp³-hybridized carbons (Fsp3) is 0.444. The number of thiazole rings is 1. The van der Waals surface area contributed by atoms with Crippen LogP contribution in [0.15, 0.2) is 36.0 Å². The van der Waals surface area contributed by atoms with Crippen LogP contribution in [0.3, 0.4) is 0 Å². The van der Waals surface area contributed by atoms with Crippen molar-refractivity contribution in [3.63, 3.8) is 0 Å². The second-order valence-corrected chi connectivity index (χ2v) is 13.7. The fourth-order valence-electron chi connectivity index (χ4n) is 4.60. The minimum absolute atomic E-state index is 0.0292. The van der Waals surface area contributed by atoms with E-state index in [1.165, 1.54) is 17.8 Å². The van der Waals surface area contributed by atoms with Crippen molar-refractivity contribution in [3.8, 4) is 16.3 Å². The summed E-state index contributed by atoms with van der Waals surface area (Å²) in [7, 11) is -6.51. The minimum Gasteiger partial charge on any atom is -0.444 e. The smallest absolute Gasteiger partial charge is 0.444 e. The van der Waals surface area contributed by atoms with Gasteiger partial charge >= 0.3 is 27.9 Å². The molecular weight excluding hydrogens is 682 g/mol. The number of halogens is 6. The largest absolute Gasteiger partial charge is 0.534 e. The maximum Gasteiger partial charge on any atom is 0.534 e. The molecule has 0 saturated carbocycles. The summed E-state index contributed by atoms with van der Waals surface area (Å²) < 4.78 is 116. The van der Waals surface area contributed by atoms with Crippen LogP contribution in [0.4, 0.5) is 42.5 Å². The van der Waals surface area contributed by atoms with Crippen LogP contribution in [-0.2, 0) is 21.0 Å². The van der Waals surface area contributed by atoms with E-state index in [1.54, 1.807) is 26.8 Å². The first kappa shape index (κ1) is 35.7. The highest BCUT2D eigenvalue weighted by molar-refractivity contribution is 7.88. The van der Waals surface area contributed by atoms with E-state index in [4.69, 9.17) is 4.74 Å². The quantitative estimate of drug-likeness (QED) is 0.166. The lowest BCUT2D eigenvalue weighted by atomic mass is 9.96. The molecule has 1 aromatic carbocycles. The van der Waals surface area contributed by atoms with Crippen LogP contribution in [0.2, 0.25) is 0 Å². The molecule has 47 heavy (non-hydrogen) atoms. The summed E-state index contributed by atoms with van der Waals surface area (Å²) in [4.78, 5) is 30.7. The van der Waals surface area contributed by atoms with Gasteiger partial charge in [0.2, 0.25) is 0 Å². The molecule has 1 aliphatic rings. The van der Waals surface area contributed by atoms with Crippen molar-refractivity contribution in [2.24, 2.45) is 5.92 Å². The number of aromatic nitrogens is 3. The Bertz CT molecular complexity index is 1710. The molecule has 2 aromatic heterocycles. The van der Waals surface area contributed by atoms with Crippen LogP contribution in [0.5, 0.6) is 5.75 Å². The van der Waals surface area contributed by atoms with Gasteiger partial charge in [0.25, 0.3) is 5.91 Å². The summed E-state index contributed by atoms with van der Waals surface area (Å²) in [5.74, 6) is -3.07. The number of alkyl halides is 6. The number of benzene rings is 1. The summed E-state index contributed by atoms with van der Waals surface area (Å²) in [6, 6.07) is 2.76. The third kappa shape index (κ3) is 8.99. The van der Waals surface area contributed by atoms with Gasteiger partial charge in [-0.15, -0.1) is 11.3 Å². The Labute approximate surface area is 268 Å². The molecule has 1 fully saturated rings. The van der Waals surface area contributed by atoms with Crippen LogP contribution in [-0.4, -0.2) is 66.3 Å². The molecule has 2 N–H and O–H groups in total. The number of rotatable bonds is 8. The number of carbonyl (C=O) groups excluding carboxylic acids is 2. The monoisotopic (exact) mass is 710 g/mol. The number of ether oxygens (including phenoxy) is 1. The summed E-state index contributed by atoms with van der Waals surface area (Å²) in [5, 5.41) is 13.9. The number of nitrogens with one attached hydrogen (secondary N) is 2. The van der Waals surface area contributed by atoms with Crippen LogP contribution < -0.4 is 19.7 Å². The summed E-state index contributed by atoms with van der Waals surface area (Å²) in [6.07, 6.45) is -2.75. The first-order valence-electron chi connectivity index (χ1n) is 13.8. The van der Waals surface area contributed by atoms with E-state index in [9.17, 15) is 44.3 Å². The Morgan fingerprint density at radius 1 is 1.09 bits per heavy atom. The first-order valence-corrected chi connectivity index (χ1v) is 16.0. The molecule has 1 atom stereocenters. The molecule has 3 heterocycles. The van der Waals surface area contributed by atoms with Crippen molar-refractivity contribution in [2.75, 3.05) is 29.9 Å². The number of hydrogen-bond acceptors (Lipinski definition) is 11. The highest BCUT2D eigenvalue weighted by atomic mass is 32.2. The topological polar surface area (TPSA) is 153 Å². The second kappa shape index (κ2) is 13.5. The van der Waals surface area contributed by atoms with Gasteiger partial charge in [-0.3, -0.25) is 4.79 Å². The number of alkyl carbamates (subject to hydrolysis) is 1. The molecule has 0 bridgehead atoms. The van der Waals surface area contributed by atoms with Crippen molar-refractivity contribution in [3.05, 3.63) is 47.2 Å². The fourth-order valence-corrected chi connectivity index (χ4v) is 5.86. The number of anilines is 2. The molecule has 4 rings (SSSR count). The molecule has 0 unspecified atom stereocenters. The van der Waals surface area contributed by atoms with Crippen LogP contribution in [0.1, 0.15) is 49.7 Å². The Kier molecular flexibility index (Phi) is 10.2. The molecule has 2 amide bonds. The molecule has 0 spiro atoms. The van der Waals surface area contributed by atoms with E-state index >= 15 is 0 Å². The second-order valence-electron chi connectivity index (χ2n) is 11.3. The van der Waals surface area contributed by atoms with Gasteiger partial charge in [-0.25, -0.2) is 9.78 Å². The molecule has 1 saturated heterocycles. The molecule has 1 aliphatic heterocycles. The highest BCUT2D eigenvalue weighted by Crippen LogP contribution is 2.48. The van der Waals surface area contributed by atoms with Gasteiger partial charge in [0, 0.05) is 30.6 Å². The van der Waals surface area contributed by atoms with Gasteiger partial charge < -0.3 is 24.5 Å². The standard InChI is InChI=1S/C27H28F6N6O6S2/c1-25(2,3)44-24(41)34-11-15-5-4-10-39(13-15)21-17(37-22(40)18-14-46-23(38-18)16-8-9-35-36-12-16)6-7-19(20(21)26(28,29)30)45-47(42,43)27(31,32)33/h6-9,12,14-15H,4-5,10-11,13H2,1-3H3,(H,34,41)(H,37,40)/t15-/m0/s1. The molecule has 12 nitrogen and oxygen atoms in total. The minimum atomic E-state index is -6.51. The Balaban J connectivity index is 1.73. The van der Waals surface area contributed by atoms with Gasteiger partial charge in [0.05, 0.1) is 23.8 Å². The number of amides is 2. The summed E-state index contributed by atoms with van der Waals surface area (Å²) >= 11 is 1.04. The molecule has 3 aromatic rings. The SMILES string of the molecule is CC(C)(C)OC(=O)NC[C@@H]1CCCN(c2c(NC(=O)c3csc(-c4ccnnc4)n3)ccc(OS(=O)(=O)C(F)(F)F)c2C(F)(F)F)C1. The van der Waals surface area contributed by atoms with Gasteiger partial charge in [-0.2, -0.15) is 45.0 Å². The molecule has 256 valence electrons. The van der Waals surface area contributed by atoms with E-state index in [2.05, 4.69) is 30.0 Å². The molecule has 0 aliphatic carbocycles. The zero-order chi connectivity index (χ0) is 34.8. The predicted octanol–water partition coefficient (Wildman–Crippen LogP) is 5.84. The third-order valence-corrected chi connectivity index (χ3v) is 8.35. The Morgan fingerprint density at radius 3 is 2.43 bits per heavy atom. The first-order chi connectivity index (χ1) is 21.7. The van der Waals surface area contributed by atoms with Crippen molar-refractivity contribution < 1.29 is 53.3 Å². The summed E-state index contributed by atoms with van der Waals surface area (Å²) in [6.45, 7) is 4.65. The lowest BCUT2D eigenvalue weighted by molar-refractivity contribution is -0.138. The maximum absolute atomic E-state index is 14.7. The zero-order valence-electron chi connectivity index (χ0n) is 24.9. The van der Waals surface area contributed by atoms with Crippen LogP contribution >= 0.6 is 11.3 Å². The third-order valence-electron chi connectivity index (χ3n) is 6.49.